The Kier molecular flexibility index (Phi) is 7.23. The fraction of sp³-hybridized carbons (Fsp3) is 0.333. The van der Waals surface area contributed by atoms with E-state index in [1.165, 1.54) is 0 Å². The number of alkyl carbamates (subject to hydrolysis) is 1. The maximum absolute atomic E-state index is 12.5. The maximum atomic E-state index is 12.5. The van der Waals surface area contributed by atoms with E-state index in [0.29, 0.717) is 25.1 Å². The number of carbonyl (C=O) groups is 2. The Morgan fingerprint density at radius 2 is 1.52 bits per heavy atom. The zero-order valence-electron chi connectivity index (χ0n) is 16.0. The first-order chi connectivity index (χ1) is 12.8. The molecule has 0 saturated carbocycles. The second-order valence-electron chi connectivity index (χ2n) is 7.07. The molecule has 0 saturated heterocycles. The minimum absolute atomic E-state index is 0.161. The number of rotatable bonds is 7. The minimum atomic E-state index is -0.520. The zero-order valence-corrected chi connectivity index (χ0v) is 16.0. The number of ether oxygens (including phenoxy) is 1. The second kappa shape index (κ2) is 9.62. The quantitative estimate of drug-likeness (QED) is 0.643. The lowest BCUT2D eigenvalue weighted by atomic mass is 10.1. The summed E-state index contributed by atoms with van der Waals surface area (Å²) in [5, 5.41) is 8.81. The van der Waals surface area contributed by atoms with Crippen molar-refractivity contribution < 1.29 is 14.3 Å². The molecule has 0 spiro atoms. The number of carbonyl (C=O) groups excluding carboxylic acids is 2. The molecule has 27 heavy (non-hydrogen) atoms. The van der Waals surface area contributed by atoms with Crippen LogP contribution in [0.1, 0.15) is 37.6 Å². The Morgan fingerprint density at radius 1 is 0.889 bits per heavy atom. The first-order valence-electron chi connectivity index (χ1n) is 9.01. The highest BCUT2D eigenvalue weighted by Crippen LogP contribution is 2.20. The van der Waals surface area contributed by atoms with Crippen molar-refractivity contribution >= 4 is 23.4 Å². The highest BCUT2D eigenvalue weighted by Gasteiger charge is 2.15. The van der Waals surface area contributed by atoms with E-state index in [2.05, 4.69) is 16.0 Å². The Balaban J connectivity index is 1.80. The Morgan fingerprint density at radius 3 is 2.22 bits per heavy atom. The fourth-order valence-corrected chi connectivity index (χ4v) is 2.36. The van der Waals surface area contributed by atoms with Crippen molar-refractivity contribution in [1.29, 1.82) is 0 Å². The summed E-state index contributed by atoms with van der Waals surface area (Å²) in [6.07, 6.45) is 0.158. The van der Waals surface area contributed by atoms with E-state index in [1.807, 2.05) is 69.3 Å². The summed E-state index contributed by atoms with van der Waals surface area (Å²) >= 11 is 0. The summed E-state index contributed by atoms with van der Waals surface area (Å²) in [6.45, 7) is 6.32. The molecule has 2 amide bonds. The van der Waals surface area contributed by atoms with Gasteiger partial charge in [0.25, 0.3) is 5.91 Å². The van der Waals surface area contributed by atoms with E-state index >= 15 is 0 Å². The van der Waals surface area contributed by atoms with Crippen LogP contribution in [0.15, 0.2) is 54.6 Å². The van der Waals surface area contributed by atoms with Crippen LogP contribution in [0.25, 0.3) is 0 Å². The third-order valence-electron chi connectivity index (χ3n) is 3.53. The molecule has 0 unspecified atom stereocenters. The van der Waals surface area contributed by atoms with Gasteiger partial charge < -0.3 is 20.7 Å². The van der Waals surface area contributed by atoms with Gasteiger partial charge in [-0.2, -0.15) is 0 Å². The number of amides is 2. The first kappa shape index (κ1) is 20.3. The van der Waals surface area contributed by atoms with E-state index in [4.69, 9.17) is 4.74 Å². The molecule has 0 aromatic heterocycles. The monoisotopic (exact) mass is 369 g/mol. The summed E-state index contributed by atoms with van der Waals surface area (Å²) in [5.41, 5.74) is 1.71. The van der Waals surface area contributed by atoms with Gasteiger partial charge in [-0.25, -0.2) is 4.79 Å². The molecular weight excluding hydrogens is 342 g/mol. The molecule has 6 heteroatoms. The highest BCUT2D eigenvalue weighted by molar-refractivity contribution is 6.00. The van der Waals surface area contributed by atoms with Gasteiger partial charge in [-0.3, -0.25) is 4.79 Å². The van der Waals surface area contributed by atoms with Gasteiger partial charge in [0, 0.05) is 18.8 Å². The summed E-state index contributed by atoms with van der Waals surface area (Å²) in [4.78, 5) is 24.0. The molecule has 144 valence electrons. The van der Waals surface area contributed by atoms with E-state index in [9.17, 15) is 9.59 Å². The minimum Gasteiger partial charge on any atom is -0.444 e. The van der Waals surface area contributed by atoms with Gasteiger partial charge in [0.05, 0.1) is 11.3 Å². The molecule has 0 heterocycles. The van der Waals surface area contributed by atoms with Crippen molar-refractivity contribution in [3.63, 3.8) is 0 Å². The molecule has 0 fully saturated rings. The molecule has 0 aliphatic heterocycles. The predicted octanol–water partition coefficient (Wildman–Crippen LogP) is 4.07. The van der Waals surface area contributed by atoms with E-state index in [1.54, 1.807) is 6.07 Å². The van der Waals surface area contributed by atoms with Gasteiger partial charge in [0.2, 0.25) is 0 Å². The van der Waals surface area contributed by atoms with Gasteiger partial charge in [-0.1, -0.05) is 30.3 Å². The third-order valence-corrected chi connectivity index (χ3v) is 3.53. The SMILES string of the molecule is CC(C)(C)OC(=O)NCCCNC(=O)c1ccccc1Nc1ccccc1. The van der Waals surface area contributed by atoms with Crippen molar-refractivity contribution in [2.24, 2.45) is 0 Å². The average Bonchev–Trinajstić information content (AvgIpc) is 2.61. The molecule has 6 nitrogen and oxygen atoms in total. The number of hydrogen-bond acceptors (Lipinski definition) is 4. The lowest BCUT2D eigenvalue weighted by Gasteiger charge is -2.19. The molecule has 0 aliphatic carbocycles. The van der Waals surface area contributed by atoms with Crippen molar-refractivity contribution in [2.45, 2.75) is 32.8 Å². The van der Waals surface area contributed by atoms with Gasteiger partial charge in [0.15, 0.2) is 0 Å². The van der Waals surface area contributed by atoms with Crippen LogP contribution >= 0.6 is 0 Å². The van der Waals surface area contributed by atoms with Crippen LogP contribution in [0, 0.1) is 0 Å². The van der Waals surface area contributed by atoms with E-state index in [-0.39, 0.29) is 5.91 Å². The molecule has 3 N–H and O–H groups in total. The third kappa shape index (κ3) is 7.40. The summed E-state index contributed by atoms with van der Waals surface area (Å²) < 4.78 is 5.16. The maximum Gasteiger partial charge on any atom is 0.407 e. The van der Waals surface area contributed by atoms with Crippen LogP contribution in [0.3, 0.4) is 0 Å². The average molecular weight is 369 g/mol. The molecule has 0 aliphatic rings. The van der Waals surface area contributed by atoms with Crippen LogP contribution in [0.4, 0.5) is 16.2 Å². The lowest BCUT2D eigenvalue weighted by Crippen LogP contribution is -2.34. The van der Waals surface area contributed by atoms with Gasteiger partial charge in [0.1, 0.15) is 5.60 Å². The first-order valence-corrected chi connectivity index (χ1v) is 9.01. The highest BCUT2D eigenvalue weighted by atomic mass is 16.6. The number of anilines is 2. The molecule has 2 aromatic rings. The molecular formula is C21H27N3O3. The van der Waals surface area contributed by atoms with Gasteiger partial charge in [-0.15, -0.1) is 0 Å². The van der Waals surface area contributed by atoms with Crippen molar-refractivity contribution in [1.82, 2.24) is 10.6 Å². The number of para-hydroxylation sites is 2. The topological polar surface area (TPSA) is 79.5 Å². The summed E-state index contributed by atoms with van der Waals surface area (Å²) in [6, 6.07) is 17.0. The number of hydrogen-bond donors (Lipinski definition) is 3. The normalized spacial score (nSPS) is 10.8. The van der Waals surface area contributed by atoms with Gasteiger partial charge in [-0.05, 0) is 51.5 Å². The molecule has 2 rings (SSSR count). The standard InChI is InChI=1S/C21H27N3O3/c1-21(2,3)27-20(26)23-15-9-14-22-19(25)17-12-7-8-13-18(17)24-16-10-5-4-6-11-16/h4-8,10-13,24H,9,14-15H2,1-3H3,(H,22,25)(H,23,26). The predicted molar refractivity (Wildman–Crippen MR) is 107 cm³/mol. The van der Waals surface area contributed by atoms with Crippen LogP contribution in [-0.4, -0.2) is 30.7 Å². The van der Waals surface area contributed by atoms with Crippen molar-refractivity contribution in [3.8, 4) is 0 Å². The van der Waals surface area contributed by atoms with Crippen molar-refractivity contribution in [3.05, 3.63) is 60.2 Å². The smallest absolute Gasteiger partial charge is 0.407 e. The largest absolute Gasteiger partial charge is 0.444 e. The van der Waals surface area contributed by atoms with Crippen molar-refractivity contribution in [2.75, 3.05) is 18.4 Å². The van der Waals surface area contributed by atoms with E-state index < -0.39 is 11.7 Å². The number of benzene rings is 2. The Bertz CT molecular complexity index is 755. The second-order valence-corrected chi connectivity index (χ2v) is 7.07. The zero-order chi connectivity index (χ0) is 19.7. The van der Waals surface area contributed by atoms with E-state index in [0.717, 1.165) is 11.4 Å². The van der Waals surface area contributed by atoms with Gasteiger partial charge >= 0.3 is 6.09 Å². The molecule has 0 bridgehead atoms. The number of nitrogens with one attached hydrogen (secondary N) is 3. The molecule has 0 atom stereocenters. The fourth-order valence-electron chi connectivity index (χ4n) is 2.36. The summed E-state index contributed by atoms with van der Waals surface area (Å²) in [5.74, 6) is -0.161. The van der Waals surface area contributed by atoms with Crippen LogP contribution in [0.5, 0.6) is 0 Å². The van der Waals surface area contributed by atoms with Crippen LogP contribution in [0.2, 0.25) is 0 Å². The Hall–Kier alpha value is -3.02. The summed E-state index contributed by atoms with van der Waals surface area (Å²) in [7, 11) is 0. The van der Waals surface area contributed by atoms with Crippen LogP contribution in [-0.2, 0) is 4.74 Å². The Labute approximate surface area is 160 Å². The molecule has 2 aromatic carbocycles. The molecule has 0 radical (unpaired) electrons. The van der Waals surface area contributed by atoms with Crippen LogP contribution < -0.4 is 16.0 Å². The lowest BCUT2D eigenvalue weighted by molar-refractivity contribution is 0.0527.